The number of hydrogen-bond acceptors (Lipinski definition) is 4. The molecule has 1 aromatic carbocycles. The Morgan fingerprint density at radius 3 is 2.60 bits per heavy atom. The minimum absolute atomic E-state index is 0.102. The number of hydrogen-bond donors (Lipinski definition) is 2. The first-order chi connectivity index (χ1) is 12.0. The van der Waals surface area contributed by atoms with E-state index in [0.29, 0.717) is 30.4 Å². The summed E-state index contributed by atoms with van der Waals surface area (Å²) in [5.74, 6) is 0.770. The van der Waals surface area contributed by atoms with Crippen molar-refractivity contribution in [3.8, 4) is 0 Å². The smallest absolute Gasteiger partial charge is 0.191 e. The van der Waals surface area contributed by atoms with E-state index in [2.05, 4.69) is 20.7 Å². The van der Waals surface area contributed by atoms with E-state index in [9.17, 15) is 8.42 Å². The van der Waals surface area contributed by atoms with Crippen molar-refractivity contribution in [3.63, 3.8) is 0 Å². The topological polar surface area (TPSA) is 88.4 Å². The largest absolute Gasteiger partial charge is 0.357 e. The average molecular weight is 363 g/mol. The first-order valence-corrected chi connectivity index (χ1v) is 9.95. The first kappa shape index (κ1) is 19.0. The van der Waals surface area contributed by atoms with Crippen LogP contribution in [0.15, 0.2) is 52.5 Å². The molecular formula is C17H25N5O2S. The van der Waals surface area contributed by atoms with Gasteiger partial charge in [0.15, 0.2) is 15.8 Å². The van der Waals surface area contributed by atoms with Crippen LogP contribution in [0.5, 0.6) is 0 Å². The lowest BCUT2D eigenvalue weighted by molar-refractivity contribution is 0.592. The fraction of sp³-hybridized carbons (Fsp3) is 0.412. The highest BCUT2D eigenvalue weighted by Crippen LogP contribution is 2.10. The molecule has 2 aromatic rings. The van der Waals surface area contributed by atoms with Crippen LogP contribution in [-0.4, -0.2) is 43.0 Å². The van der Waals surface area contributed by atoms with Crippen molar-refractivity contribution in [2.24, 2.45) is 12.0 Å². The van der Waals surface area contributed by atoms with Gasteiger partial charge in [0.2, 0.25) is 0 Å². The molecule has 0 bridgehead atoms. The average Bonchev–Trinajstić information content (AvgIpc) is 3.02. The second-order valence-corrected chi connectivity index (χ2v) is 7.66. The summed E-state index contributed by atoms with van der Waals surface area (Å²) in [6.07, 6.45) is 2.24. The van der Waals surface area contributed by atoms with Gasteiger partial charge in [-0.25, -0.2) is 13.4 Å². The molecule has 0 aliphatic heterocycles. The molecule has 0 saturated carbocycles. The molecule has 0 amide bonds. The zero-order chi connectivity index (χ0) is 18.1. The third kappa shape index (κ3) is 5.90. The van der Waals surface area contributed by atoms with Crippen LogP contribution in [0, 0.1) is 0 Å². The number of benzene rings is 1. The number of sulfone groups is 1. The molecule has 1 heterocycles. The molecule has 1 aromatic heterocycles. The van der Waals surface area contributed by atoms with Gasteiger partial charge >= 0.3 is 0 Å². The van der Waals surface area contributed by atoms with Gasteiger partial charge in [-0.15, -0.1) is 0 Å². The molecule has 0 spiro atoms. The summed E-state index contributed by atoms with van der Waals surface area (Å²) in [6.45, 7) is 3.76. The number of rotatable bonds is 8. The van der Waals surface area contributed by atoms with Crippen molar-refractivity contribution in [2.45, 2.75) is 24.8 Å². The van der Waals surface area contributed by atoms with Crippen molar-refractivity contribution >= 4 is 15.8 Å². The first-order valence-electron chi connectivity index (χ1n) is 8.30. The fourth-order valence-electron chi connectivity index (χ4n) is 2.27. The van der Waals surface area contributed by atoms with E-state index >= 15 is 0 Å². The maximum atomic E-state index is 12.2. The molecule has 0 atom stereocenters. The summed E-state index contributed by atoms with van der Waals surface area (Å²) >= 11 is 0. The normalized spacial score (nSPS) is 12.2. The molecule has 0 unspecified atom stereocenters. The Morgan fingerprint density at radius 2 is 1.96 bits per heavy atom. The third-order valence-electron chi connectivity index (χ3n) is 3.65. The number of nitrogens with zero attached hydrogens (tertiary/aromatic N) is 3. The molecule has 7 nitrogen and oxygen atoms in total. The van der Waals surface area contributed by atoms with Gasteiger partial charge in [-0.2, -0.15) is 5.10 Å². The van der Waals surface area contributed by atoms with Crippen LogP contribution < -0.4 is 10.6 Å². The number of aryl methyl sites for hydroxylation is 1. The molecular weight excluding hydrogens is 338 g/mol. The van der Waals surface area contributed by atoms with Gasteiger partial charge in [0.25, 0.3) is 0 Å². The molecule has 2 N–H and O–H groups in total. The SMILES string of the molecule is CCNC(=NCc1ccnn1C)NCCCS(=O)(=O)c1ccccc1. The predicted octanol–water partition coefficient (Wildman–Crippen LogP) is 1.34. The van der Waals surface area contributed by atoms with Gasteiger partial charge < -0.3 is 10.6 Å². The quantitative estimate of drug-likeness (QED) is 0.420. The summed E-state index contributed by atoms with van der Waals surface area (Å²) in [4.78, 5) is 4.86. The number of aromatic nitrogens is 2. The van der Waals surface area contributed by atoms with Crippen LogP contribution >= 0.6 is 0 Å². The van der Waals surface area contributed by atoms with Gasteiger partial charge in [0.05, 0.1) is 22.9 Å². The lowest BCUT2D eigenvalue weighted by atomic mass is 10.4. The van der Waals surface area contributed by atoms with Crippen molar-refractivity contribution in [2.75, 3.05) is 18.8 Å². The molecule has 25 heavy (non-hydrogen) atoms. The molecule has 0 fully saturated rings. The highest BCUT2D eigenvalue weighted by atomic mass is 32.2. The van der Waals surface area contributed by atoms with E-state index in [1.165, 1.54) is 0 Å². The standard InChI is InChI=1S/C17H25N5O2S/c1-3-18-17(20-14-15-10-12-21-22(15)2)19-11-7-13-25(23,24)16-8-5-4-6-9-16/h4-6,8-10,12H,3,7,11,13-14H2,1-2H3,(H2,18,19,20). The lowest BCUT2D eigenvalue weighted by Gasteiger charge is -2.11. The van der Waals surface area contributed by atoms with Crippen molar-refractivity contribution in [3.05, 3.63) is 48.3 Å². The Morgan fingerprint density at radius 1 is 1.20 bits per heavy atom. The molecule has 0 aliphatic rings. The second-order valence-electron chi connectivity index (χ2n) is 5.55. The summed E-state index contributed by atoms with van der Waals surface area (Å²) in [6, 6.07) is 10.4. The van der Waals surface area contributed by atoms with Crippen LogP contribution in [0.25, 0.3) is 0 Å². The summed E-state index contributed by atoms with van der Waals surface area (Å²) in [7, 11) is -1.36. The van der Waals surface area contributed by atoms with Gasteiger partial charge in [0.1, 0.15) is 0 Å². The second kappa shape index (κ2) is 9.22. The van der Waals surface area contributed by atoms with E-state index in [-0.39, 0.29) is 5.75 Å². The van der Waals surface area contributed by atoms with Crippen molar-refractivity contribution in [1.29, 1.82) is 0 Å². The minimum Gasteiger partial charge on any atom is -0.357 e. The fourth-order valence-corrected chi connectivity index (χ4v) is 3.60. The summed E-state index contributed by atoms with van der Waals surface area (Å²) < 4.78 is 26.3. The van der Waals surface area contributed by atoms with Crippen LogP contribution in [0.1, 0.15) is 19.0 Å². The van der Waals surface area contributed by atoms with E-state index in [0.717, 1.165) is 12.2 Å². The molecule has 136 valence electrons. The third-order valence-corrected chi connectivity index (χ3v) is 5.47. The van der Waals surface area contributed by atoms with Crippen LogP contribution in [0.3, 0.4) is 0 Å². The Balaban J connectivity index is 1.84. The maximum Gasteiger partial charge on any atom is 0.191 e. The van der Waals surface area contributed by atoms with E-state index in [4.69, 9.17) is 0 Å². The number of guanidine groups is 1. The van der Waals surface area contributed by atoms with Crippen LogP contribution in [0.4, 0.5) is 0 Å². The van der Waals surface area contributed by atoms with Gasteiger partial charge in [-0.05, 0) is 31.5 Å². The Kier molecular flexibility index (Phi) is 7.00. The molecule has 2 rings (SSSR count). The molecule has 0 aliphatic carbocycles. The number of aliphatic imine (C=N–C) groups is 1. The highest BCUT2D eigenvalue weighted by molar-refractivity contribution is 7.91. The van der Waals surface area contributed by atoms with Gasteiger partial charge in [-0.3, -0.25) is 4.68 Å². The summed E-state index contributed by atoms with van der Waals surface area (Å²) in [5.41, 5.74) is 1.00. The zero-order valence-electron chi connectivity index (χ0n) is 14.6. The van der Waals surface area contributed by atoms with E-state index in [1.807, 2.05) is 26.1 Å². The van der Waals surface area contributed by atoms with Gasteiger partial charge in [-0.1, -0.05) is 18.2 Å². The minimum atomic E-state index is -3.24. The maximum absolute atomic E-state index is 12.2. The molecule has 0 radical (unpaired) electrons. The van der Waals surface area contributed by atoms with Gasteiger partial charge in [0, 0.05) is 26.3 Å². The van der Waals surface area contributed by atoms with Crippen molar-refractivity contribution in [1.82, 2.24) is 20.4 Å². The van der Waals surface area contributed by atoms with Crippen molar-refractivity contribution < 1.29 is 8.42 Å². The van der Waals surface area contributed by atoms with Crippen LogP contribution in [-0.2, 0) is 23.4 Å². The molecule has 8 heteroatoms. The molecule has 0 saturated heterocycles. The zero-order valence-corrected chi connectivity index (χ0v) is 15.5. The highest BCUT2D eigenvalue weighted by Gasteiger charge is 2.13. The Labute approximate surface area is 149 Å². The Bertz CT molecular complexity index is 784. The van der Waals surface area contributed by atoms with E-state index < -0.39 is 9.84 Å². The Hall–Kier alpha value is -2.35. The van der Waals surface area contributed by atoms with Crippen LogP contribution in [0.2, 0.25) is 0 Å². The lowest BCUT2D eigenvalue weighted by Crippen LogP contribution is -2.38. The summed E-state index contributed by atoms with van der Waals surface area (Å²) in [5, 5.41) is 10.4. The predicted molar refractivity (Wildman–Crippen MR) is 99.1 cm³/mol. The monoisotopic (exact) mass is 363 g/mol. The number of nitrogens with one attached hydrogen (secondary N) is 2. The van der Waals surface area contributed by atoms with E-state index in [1.54, 1.807) is 35.1 Å².